The standard InChI is InChI=1S/C4H7N2O3/c1-5-4(9)6-2-3(7)8/h2H2,1H3,(H,6,9)(H,7,8). The van der Waals surface area contributed by atoms with Crippen LogP contribution in [0.25, 0.3) is 0 Å². The third kappa shape index (κ3) is 4.60. The molecule has 5 heteroatoms. The second kappa shape index (κ2) is 3.71. The molecule has 51 valence electrons. The summed E-state index contributed by atoms with van der Waals surface area (Å²) >= 11 is 0. The van der Waals surface area contributed by atoms with E-state index in [-0.39, 0.29) is 6.54 Å². The number of amides is 2. The number of carbonyl (C=O) groups is 2. The Morgan fingerprint density at radius 3 is 2.56 bits per heavy atom. The maximum atomic E-state index is 10.2. The van der Waals surface area contributed by atoms with E-state index in [1.807, 2.05) is 5.32 Å². The molecule has 0 spiro atoms. The summed E-state index contributed by atoms with van der Waals surface area (Å²) in [4.78, 5) is 19.9. The van der Waals surface area contributed by atoms with Crippen LogP contribution in [0.15, 0.2) is 0 Å². The van der Waals surface area contributed by atoms with Crippen molar-refractivity contribution >= 4 is 12.0 Å². The Balaban J connectivity index is 3.28. The lowest BCUT2D eigenvalue weighted by Crippen LogP contribution is -2.32. The zero-order valence-corrected chi connectivity index (χ0v) is 4.92. The number of aliphatic carboxylic acids is 1. The van der Waals surface area contributed by atoms with Gasteiger partial charge in [-0.2, -0.15) is 0 Å². The van der Waals surface area contributed by atoms with E-state index >= 15 is 0 Å². The summed E-state index contributed by atoms with van der Waals surface area (Å²) in [7, 11) is 1.29. The molecule has 0 rings (SSSR count). The van der Waals surface area contributed by atoms with Crippen molar-refractivity contribution in [2.45, 2.75) is 0 Å². The van der Waals surface area contributed by atoms with E-state index in [2.05, 4.69) is 5.32 Å². The molecule has 9 heavy (non-hydrogen) atoms. The highest BCUT2D eigenvalue weighted by molar-refractivity contribution is 5.79. The first-order valence-electron chi connectivity index (χ1n) is 2.26. The van der Waals surface area contributed by atoms with Crippen LogP contribution >= 0.6 is 0 Å². The number of urea groups is 1. The van der Waals surface area contributed by atoms with Gasteiger partial charge in [-0.1, -0.05) is 0 Å². The molecular formula is C4H7N2O3. The van der Waals surface area contributed by atoms with Crippen LogP contribution in [0.3, 0.4) is 0 Å². The Hall–Kier alpha value is -1.26. The molecule has 0 aliphatic heterocycles. The first kappa shape index (κ1) is 7.74. The van der Waals surface area contributed by atoms with Crippen LogP contribution < -0.4 is 10.6 Å². The van der Waals surface area contributed by atoms with Crippen LogP contribution in [0.5, 0.6) is 0 Å². The van der Waals surface area contributed by atoms with Gasteiger partial charge in [-0.25, -0.2) is 10.1 Å². The largest absolute Gasteiger partial charge is 0.480 e. The Bertz CT molecular complexity index is 123. The number of rotatable bonds is 2. The Labute approximate surface area is 52.1 Å². The lowest BCUT2D eigenvalue weighted by molar-refractivity contribution is -0.135. The molecule has 0 saturated carbocycles. The highest BCUT2D eigenvalue weighted by Crippen LogP contribution is 1.62. The first-order chi connectivity index (χ1) is 4.16. The summed E-state index contributed by atoms with van der Waals surface area (Å²) in [6, 6.07) is -0.614. The van der Waals surface area contributed by atoms with Gasteiger partial charge in [0.15, 0.2) is 0 Å². The van der Waals surface area contributed by atoms with Gasteiger partial charge in [0.25, 0.3) is 0 Å². The molecule has 2 amide bonds. The molecule has 0 bridgehead atoms. The molecule has 2 N–H and O–H groups in total. The van der Waals surface area contributed by atoms with Gasteiger partial charge in [0.05, 0.1) is 0 Å². The number of carboxylic acid groups (broad SMARTS) is 1. The topological polar surface area (TPSA) is 80.5 Å². The van der Waals surface area contributed by atoms with Crippen LogP contribution in [-0.4, -0.2) is 30.7 Å². The highest BCUT2D eigenvalue weighted by atomic mass is 16.4. The van der Waals surface area contributed by atoms with E-state index < -0.39 is 12.0 Å². The number of hydrogen-bond donors (Lipinski definition) is 2. The van der Waals surface area contributed by atoms with Gasteiger partial charge in [0, 0.05) is 7.05 Å². The van der Waals surface area contributed by atoms with Crippen LogP contribution in [-0.2, 0) is 4.79 Å². The van der Waals surface area contributed by atoms with Crippen molar-refractivity contribution < 1.29 is 14.7 Å². The Kier molecular flexibility index (Phi) is 3.19. The number of nitrogens with one attached hydrogen (secondary N) is 1. The van der Waals surface area contributed by atoms with Crippen molar-refractivity contribution in [3.05, 3.63) is 0 Å². The predicted molar refractivity (Wildman–Crippen MR) is 29.1 cm³/mol. The van der Waals surface area contributed by atoms with Crippen molar-refractivity contribution in [2.75, 3.05) is 13.6 Å². The van der Waals surface area contributed by atoms with Crippen LogP contribution in [0.1, 0.15) is 0 Å². The van der Waals surface area contributed by atoms with E-state index in [0.717, 1.165) is 0 Å². The summed E-state index contributed by atoms with van der Waals surface area (Å²) in [6.07, 6.45) is 0. The average molecular weight is 131 g/mol. The van der Waals surface area contributed by atoms with Crippen molar-refractivity contribution in [1.29, 1.82) is 0 Å². The zero-order valence-electron chi connectivity index (χ0n) is 4.92. The molecule has 0 aromatic rings. The van der Waals surface area contributed by atoms with Crippen LogP contribution in [0.2, 0.25) is 0 Å². The fourth-order valence-corrected chi connectivity index (χ4v) is 0.230. The van der Waals surface area contributed by atoms with Crippen molar-refractivity contribution in [3.63, 3.8) is 0 Å². The molecule has 0 aliphatic rings. The molecular weight excluding hydrogens is 124 g/mol. The van der Waals surface area contributed by atoms with Gasteiger partial charge in [0.1, 0.15) is 6.54 Å². The van der Waals surface area contributed by atoms with Gasteiger partial charge < -0.3 is 10.4 Å². The molecule has 0 saturated heterocycles. The fraction of sp³-hybridized carbons (Fsp3) is 0.500. The molecule has 0 unspecified atom stereocenters. The lowest BCUT2D eigenvalue weighted by Gasteiger charge is -1.95. The number of carbonyl (C=O) groups excluding carboxylic acids is 1. The van der Waals surface area contributed by atoms with Crippen molar-refractivity contribution in [2.24, 2.45) is 0 Å². The van der Waals surface area contributed by atoms with Crippen LogP contribution in [0.4, 0.5) is 4.79 Å². The van der Waals surface area contributed by atoms with Gasteiger partial charge in [0.2, 0.25) is 0 Å². The molecule has 0 atom stereocenters. The van der Waals surface area contributed by atoms with Crippen molar-refractivity contribution in [1.82, 2.24) is 10.6 Å². The van der Waals surface area contributed by atoms with Crippen LogP contribution in [0, 0.1) is 0 Å². The maximum Gasteiger partial charge on any atom is 0.336 e. The molecule has 0 heterocycles. The van der Waals surface area contributed by atoms with Gasteiger partial charge in [-0.15, -0.1) is 0 Å². The summed E-state index contributed by atoms with van der Waals surface area (Å²) in [5.74, 6) is -1.08. The zero-order chi connectivity index (χ0) is 7.28. The lowest BCUT2D eigenvalue weighted by atomic mass is 10.6. The summed E-state index contributed by atoms with van der Waals surface area (Å²) in [6.45, 7) is -0.379. The second-order valence-electron chi connectivity index (χ2n) is 1.28. The fourth-order valence-electron chi connectivity index (χ4n) is 0.230. The second-order valence-corrected chi connectivity index (χ2v) is 1.28. The van der Waals surface area contributed by atoms with Gasteiger partial charge in [-0.3, -0.25) is 4.79 Å². The quantitative estimate of drug-likeness (QED) is 0.505. The average Bonchev–Trinajstić information content (AvgIpc) is 1.83. The number of carboxylic acids is 1. The predicted octanol–water partition coefficient (Wildman–Crippen LogP) is -0.985. The third-order valence-electron chi connectivity index (χ3n) is 0.594. The Morgan fingerprint density at radius 1 is 1.67 bits per heavy atom. The summed E-state index contributed by atoms with van der Waals surface area (Å²) < 4.78 is 0. The molecule has 0 aliphatic carbocycles. The minimum atomic E-state index is -1.08. The van der Waals surface area contributed by atoms with Crippen molar-refractivity contribution in [3.8, 4) is 0 Å². The smallest absolute Gasteiger partial charge is 0.336 e. The molecule has 0 aromatic carbocycles. The number of hydrogen-bond acceptors (Lipinski definition) is 2. The number of nitrogens with zero attached hydrogens (tertiary/aromatic N) is 1. The van der Waals surface area contributed by atoms with E-state index in [4.69, 9.17) is 5.11 Å². The van der Waals surface area contributed by atoms with E-state index in [1.54, 1.807) is 0 Å². The normalized spacial score (nSPS) is 8.11. The van der Waals surface area contributed by atoms with Gasteiger partial charge in [-0.05, 0) is 0 Å². The molecule has 0 fully saturated rings. The van der Waals surface area contributed by atoms with E-state index in [9.17, 15) is 9.59 Å². The summed E-state index contributed by atoms with van der Waals surface area (Å²) in [5.41, 5.74) is 0. The monoisotopic (exact) mass is 131 g/mol. The van der Waals surface area contributed by atoms with Gasteiger partial charge >= 0.3 is 12.0 Å². The minimum absolute atomic E-state index is 0.379. The molecule has 0 aromatic heterocycles. The maximum absolute atomic E-state index is 10.2. The molecule has 1 radical (unpaired) electrons. The van der Waals surface area contributed by atoms with E-state index in [1.165, 1.54) is 7.05 Å². The highest BCUT2D eigenvalue weighted by Gasteiger charge is 1.99. The SMILES string of the molecule is C[N]C(=O)NCC(=O)O. The summed E-state index contributed by atoms with van der Waals surface area (Å²) in [5, 5.41) is 13.2. The molecule has 5 nitrogen and oxygen atoms in total. The first-order valence-corrected chi connectivity index (χ1v) is 2.26. The third-order valence-corrected chi connectivity index (χ3v) is 0.594. The Morgan fingerprint density at radius 2 is 2.22 bits per heavy atom. The van der Waals surface area contributed by atoms with E-state index in [0.29, 0.717) is 0 Å². The minimum Gasteiger partial charge on any atom is -0.480 e.